The zero-order valence-electron chi connectivity index (χ0n) is 9.19. The first-order valence-electron chi connectivity index (χ1n) is 4.69. The smallest absolute Gasteiger partial charge is 0.185 e. The van der Waals surface area contributed by atoms with E-state index >= 15 is 0 Å². The molecule has 14 heavy (non-hydrogen) atoms. The van der Waals surface area contributed by atoms with Crippen molar-refractivity contribution in [2.75, 3.05) is 7.05 Å². The van der Waals surface area contributed by atoms with E-state index in [0.717, 1.165) is 5.06 Å². The van der Waals surface area contributed by atoms with Gasteiger partial charge in [-0.1, -0.05) is 13.8 Å². The summed E-state index contributed by atoms with van der Waals surface area (Å²) in [5.41, 5.74) is 0.519. The molecule has 0 aromatic heterocycles. The summed E-state index contributed by atoms with van der Waals surface area (Å²) in [7, 11) is 1.46. The van der Waals surface area contributed by atoms with Gasteiger partial charge in [-0.15, -0.1) is 0 Å². The van der Waals surface area contributed by atoms with Crippen molar-refractivity contribution in [1.82, 2.24) is 5.06 Å². The highest BCUT2D eigenvalue weighted by atomic mass is 16.5. The summed E-state index contributed by atoms with van der Waals surface area (Å²) in [6.07, 6.45) is 0.868. The average molecular weight is 201 g/mol. The first-order chi connectivity index (χ1) is 6.34. The minimum Gasteiger partial charge on any atom is -0.385 e. The van der Waals surface area contributed by atoms with Crippen molar-refractivity contribution in [1.29, 1.82) is 0 Å². The Labute approximate surface area is 84.8 Å². The lowest BCUT2D eigenvalue weighted by molar-refractivity contribution is -0.122. The van der Waals surface area contributed by atoms with Crippen LogP contribution in [-0.2, 0) is 4.79 Å². The highest BCUT2D eigenvalue weighted by Gasteiger charge is 2.11. The number of carbonyl (C=O) groups is 1. The van der Waals surface area contributed by atoms with E-state index in [4.69, 9.17) is 5.11 Å². The summed E-state index contributed by atoms with van der Waals surface area (Å²) in [4.78, 5) is 11.2. The minimum atomic E-state index is -1.02. The zero-order chi connectivity index (χ0) is 11.3. The van der Waals surface area contributed by atoms with Gasteiger partial charge >= 0.3 is 0 Å². The van der Waals surface area contributed by atoms with E-state index in [9.17, 15) is 10.0 Å². The van der Waals surface area contributed by atoms with Crippen LogP contribution in [0, 0.1) is 5.92 Å². The molecule has 0 aliphatic heterocycles. The molecule has 0 saturated carbocycles. The number of rotatable bonds is 5. The number of hydrogen-bond donors (Lipinski definition) is 2. The molecule has 2 N–H and O–H groups in total. The summed E-state index contributed by atoms with van der Waals surface area (Å²) < 4.78 is 0. The SMILES string of the molecule is CC(C)C/C(=C/C(=O)C(C)O)N(C)O. The van der Waals surface area contributed by atoms with Crippen LogP contribution in [-0.4, -0.2) is 34.3 Å². The fourth-order valence-corrected chi connectivity index (χ4v) is 0.988. The van der Waals surface area contributed by atoms with Crippen LogP contribution in [0.3, 0.4) is 0 Å². The normalized spacial score (nSPS) is 14.4. The predicted octanol–water partition coefficient (Wildman–Crippen LogP) is 1.19. The van der Waals surface area contributed by atoms with Gasteiger partial charge in [0.2, 0.25) is 0 Å². The number of hydrogen-bond acceptors (Lipinski definition) is 4. The number of allylic oxidation sites excluding steroid dienone is 1. The molecule has 82 valence electrons. The molecule has 4 nitrogen and oxygen atoms in total. The molecule has 1 atom stereocenters. The lowest BCUT2D eigenvalue weighted by Gasteiger charge is -2.17. The molecule has 0 aromatic rings. The van der Waals surface area contributed by atoms with E-state index in [2.05, 4.69) is 0 Å². The molecule has 4 heteroatoms. The van der Waals surface area contributed by atoms with E-state index in [0.29, 0.717) is 18.0 Å². The summed E-state index contributed by atoms with van der Waals surface area (Å²) >= 11 is 0. The Balaban J connectivity index is 4.56. The molecule has 0 amide bonds. The largest absolute Gasteiger partial charge is 0.385 e. The number of aliphatic hydroxyl groups is 1. The van der Waals surface area contributed by atoms with Crippen molar-refractivity contribution < 1.29 is 15.1 Å². The summed E-state index contributed by atoms with van der Waals surface area (Å²) in [5.74, 6) is -0.0424. The fraction of sp³-hybridized carbons (Fsp3) is 0.700. The standard InChI is InChI=1S/C10H19NO3/c1-7(2)5-9(11(4)14)6-10(13)8(3)12/h6-8,12,14H,5H2,1-4H3/b9-6-. The third-order valence-corrected chi connectivity index (χ3v) is 1.75. The highest BCUT2D eigenvalue weighted by molar-refractivity contribution is 5.93. The summed E-state index contributed by atoms with van der Waals surface area (Å²) in [5, 5.41) is 19.1. The van der Waals surface area contributed by atoms with Crippen LogP contribution in [0.25, 0.3) is 0 Å². The van der Waals surface area contributed by atoms with Crippen LogP contribution in [0.5, 0.6) is 0 Å². The number of hydroxylamine groups is 2. The Bertz CT molecular complexity index is 219. The topological polar surface area (TPSA) is 60.8 Å². The van der Waals surface area contributed by atoms with Gasteiger partial charge in [0.25, 0.3) is 0 Å². The second kappa shape index (κ2) is 5.78. The number of ketones is 1. The molecule has 0 fully saturated rings. The highest BCUT2D eigenvalue weighted by Crippen LogP contribution is 2.12. The number of aliphatic hydroxyl groups excluding tert-OH is 1. The number of carbonyl (C=O) groups excluding carboxylic acids is 1. The maximum absolute atomic E-state index is 11.2. The van der Waals surface area contributed by atoms with Crippen molar-refractivity contribution in [2.24, 2.45) is 5.92 Å². The van der Waals surface area contributed by atoms with E-state index < -0.39 is 6.10 Å². The van der Waals surface area contributed by atoms with E-state index in [1.54, 1.807) is 0 Å². The van der Waals surface area contributed by atoms with Gasteiger partial charge in [-0.05, 0) is 19.3 Å². The first kappa shape index (κ1) is 13.1. The van der Waals surface area contributed by atoms with Gasteiger partial charge in [-0.3, -0.25) is 15.1 Å². The van der Waals surface area contributed by atoms with Crippen LogP contribution >= 0.6 is 0 Å². The van der Waals surface area contributed by atoms with Gasteiger partial charge in [-0.2, -0.15) is 0 Å². The minimum absolute atomic E-state index is 0.345. The molecular formula is C10H19NO3. The van der Waals surface area contributed by atoms with Crippen molar-refractivity contribution in [2.45, 2.75) is 33.3 Å². The van der Waals surface area contributed by atoms with Crippen molar-refractivity contribution in [3.8, 4) is 0 Å². The Morgan fingerprint density at radius 3 is 2.21 bits per heavy atom. The van der Waals surface area contributed by atoms with Crippen LogP contribution in [0.2, 0.25) is 0 Å². The molecule has 0 rings (SSSR count). The molecule has 0 saturated heterocycles. The van der Waals surface area contributed by atoms with Gasteiger partial charge < -0.3 is 5.11 Å². The van der Waals surface area contributed by atoms with Crippen molar-refractivity contribution >= 4 is 5.78 Å². The number of nitrogens with zero attached hydrogens (tertiary/aromatic N) is 1. The predicted molar refractivity (Wildman–Crippen MR) is 53.8 cm³/mol. The molecule has 0 radical (unpaired) electrons. The van der Waals surface area contributed by atoms with E-state index in [-0.39, 0.29) is 5.78 Å². The lowest BCUT2D eigenvalue weighted by Crippen LogP contribution is -2.19. The third-order valence-electron chi connectivity index (χ3n) is 1.75. The molecule has 0 heterocycles. The Hall–Kier alpha value is -0.870. The van der Waals surface area contributed by atoms with Gasteiger partial charge in [0.05, 0.1) is 0 Å². The van der Waals surface area contributed by atoms with E-state index in [1.807, 2.05) is 13.8 Å². The Morgan fingerprint density at radius 1 is 1.43 bits per heavy atom. The van der Waals surface area contributed by atoms with Crippen LogP contribution in [0.4, 0.5) is 0 Å². The molecular weight excluding hydrogens is 182 g/mol. The first-order valence-corrected chi connectivity index (χ1v) is 4.69. The zero-order valence-corrected chi connectivity index (χ0v) is 9.19. The Morgan fingerprint density at radius 2 is 1.93 bits per heavy atom. The monoisotopic (exact) mass is 201 g/mol. The van der Waals surface area contributed by atoms with Gasteiger partial charge in [0.1, 0.15) is 6.10 Å². The van der Waals surface area contributed by atoms with Gasteiger partial charge in [0.15, 0.2) is 5.78 Å². The molecule has 0 spiro atoms. The van der Waals surface area contributed by atoms with Crippen LogP contribution < -0.4 is 0 Å². The quantitative estimate of drug-likeness (QED) is 0.518. The lowest BCUT2D eigenvalue weighted by atomic mass is 10.1. The maximum Gasteiger partial charge on any atom is 0.185 e. The average Bonchev–Trinajstić information content (AvgIpc) is 2.01. The fourth-order valence-electron chi connectivity index (χ4n) is 0.988. The Kier molecular flexibility index (Phi) is 5.42. The molecule has 0 aliphatic rings. The van der Waals surface area contributed by atoms with Crippen molar-refractivity contribution in [3.05, 3.63) is 11.8 Å². The second-order valence-corrected chi connectivity index (χ2v) is 3.84. The third kappa shape index (κ3) is 4.99. The maximum atomic E-state index is 11.2. The molecule has 1 unspecified atom stereocenters. The van der Waals surface area contributed by atoms with Crippen molar-refractivity contribution in [3.63, 3.8) is 0 Å². The van der Waals surface area contributed by atoms with Crippen LogP contribution in [0.15, 0.2) is 11.8 Å². The van der Waals surface area contributed by atoms with Crippen LogP contribution in [0.1, 0.15) is 27.2 Å². The van der Waals surface area contributed by atoms with Gasteiger partial charge in [-0.25, -0.2) is 0 Å². The summed E-state index contributed by atoms with van der Waals surface area (Å²) in [6.45, 7) is 5.39. The summed E-state index contributed by atoms with van der Waals surface area (Å²) in [6, 6.07) is 0. The van der Waals surface area contributed by atoms with E-state index in [1.165, 1.54) is 20.0 Å². The van der Waals surface area contributed by atoms with Gasteiger partial charge in [0, 0.05) is 18.8 Å². The molecule has 0 aromatic carbocycles. The molecule has 0 aliphatic carbocycles. The second-order valence-electron chi connectivity index (χ2n) is 3.84. The molecule has 0 bridgehead atoms.